The van der Waals surface area contributed by atoms with Gasteiger partial charge in [0.2, 0.25) is 5.91 Å². The minimum Gasteiger partial charge on any atom is -0.324 e. The fraction of sp³-hybridized carbons (Fsp3) is 0.105. The van der Waals surface area contributed by atoms with Crippen LogP contribution in [0.3, 0.4) is 0 Å². The number of nitrogens with one attached hydrogen (secondary N) is 2. The average molecular weight is 349 g/mol. The second-order valence-corrected chi connectivity index (χ2v) is 7.18. The Bertz CT molecular complexity index is 998. The van der Waals surface area contributed by atoms with E-state index in [-0.39, 0.29) is 17.1 Å². The van der Waals surface area contributed by atoms with Gasteiger partial charge in [0.1, 0.15) is 0 Å². The number of rotatable bonds is 2. The highest BCUT2D eigenvalue weighted by molar-refractivity contribution is 8.00. The lowest BCUT2D eigenvalue weighted by atomic mass is 10.1. The Morgan fingerprint density at radius 3 is 2.92 bits per heavy atom. The van der Waals surface area contributed by atoms with Gasteiger partial charge in [-0.1, -0.05) is 18.2 Å². The van der Waals surface area contributed by atoms with Gasteiger partial charge in [0, 0.05) is 22.0 Å². The maximum Gasteiger partial charge on any atom is 0.255 e. The normalized spacial score (nSPS) is 16.2. The van der Waals surface area contributed by atoms with Gasteiger partial charge in [-0.05, 0) is 37.3 Å². The SMILES string of the molecule is C[C@@H]1Sc2ccc(C(=O)Nc3cccc4cccnc34)cc2NC1=O. The number of fused-ring (bicyclic) bond motifs is 2. The number of pyridine rings is 1. The topological polar surface area (TPSA) is 71.1 Å². The molecule has 2 amide bonds. The van der Waals surface area contributed by atoms with E-state index >= 15 is 0 Å². The maximum atomic E-state index is 12.6. The summed E-state index contributed by atoms with van der Waals surface area (Å²) in [5.41, 5.74) is 2.57. The van der Waals surface area contributed by atoms with Gasteiger partial charge < -0.3 is 10.6 Å². The first kappa shape index (κ1) is 15.7. The van der Waals surface area contributed by atoms with E-state index in [4.69, 9.17) is 0 Å². The molecule has 0 spiro atoms. The third-order valence-electron chi connectivity index (χ3n) is 4.05. The Kier molecular flexibility index (Phi) is 3.89. The summed E-state index contributed by atoms with van der Waals surface area (Å²) in [4.78, 5) is 29.8. The highest BCUT2D eigenvalue weighted by Crippen LogP contribution is 2.36. The van der Waals surface area contributed by atoms with Gasteiger partial charge in [0.25, 0.3) is 5.91 Å². The van der Waals surface area contributed by atoms with E-state index in [1.807, 2.05) is 43.3 Å². The third kappa shape index (κ3) is 2.96. The lowest BCUT2D eigenvalue weighted by Gasteiger charge is -2.21. The molecule has 0 fully saturated rings. The molecule has 0 saturated heterocycles. The van der Waals surface area contributed by atoms with Crippen LogP contribution in [0.4, 0.5) is 11.4 Å². The molecule has 1 aromatic heterocycles. The van der Waals surface area contributed by atoms with Crippen LogP contribution in [0.2, 0.25) is 0 Å². The van der Waals surface area contributed by atoms with Gasteiger partial charge in [-0.25, -0.2) is 0 Å². The maximum absolute atomic E-state index is 12.6. The first-order chi connectivity index (χ1) is 12.1. The van der Waals surface area contributed by atoms with Crippen molar-refractivity contribution < 1.29 is 9.59 Å². The number of benzene rings is 2. The van der Waals surface area contributed by atoms with Gasteiger partial charge in [-0.3, -0.25) is 14.6 Å². The molecule has 4 rings (SSSR count). The number of hydrogen-bond donors (Lipinski definition) is 2. The molecule has 5 nitrogen and oxygen atoms in total. The van der Waals surface area contributed by atoms with Crippen LogP contribution in [0.5, 0.6) is 0 Å². The van der Waals surface area contributed by atoms with E-state index in [2.05, 4.69) is 15.6 Å². The van der Waals surface area contributed by atoms with Crippen LogP contribution in [-0.4, -0.2) is 22.0 Å². The summed E-state index contributed by atoms with van der Waals surface area (Å²) in [5.74, 6) is -0.285. The minimum atomic E-state index is -0.237. The molecule has 124 valence electrons. The first-order valence-corrected chi connectivity index (χ1v) is 8.76. The van der Waals surface area contributed by atoms with Crippen molar-refractivity contribution in [2.75, 3.05) is 10.6 Å². The summed E-state index contributed by atoms with van der Waals surface area (Å²) in [5, 5.41) is 6.58. The molecule has 2 N–H and O–H groups in total. The Labute approximate surface area is 148 Å². The number of hydrogen-bond acceptors (Lipinski definition) is 4. The largest absolute Gasteiger partial charge is 0.324 e. The van der Waals surface area contributed by atoms with Crippen molar-refractivity contribution in [3.05, 3.63) is 60.3 Å². The molecule has 3 aromatic rings. The molecule has 0 unspecified atom stereocenters. The van der Waals surface area contributed by atoms with Gasteiger partial charge in [0.05, 0.1) is 22.1 Å². The smallest absolute Gasteiger partial charge is 0.255 e. The quantitative estimate of drug-likeness (QED) is 0.736. The van der Waals surface area contributed by atoms with Crippen LogP contribution in [0.15, 0.2) is 59.6 Å². The van der Waals surface area contributed by atoms with E-state index in [0.29, 0.717) is 16.9 Å². The molecule has 0 aliphatic carbocycles. The average Bonchev–Trinajstić information content (AvgIpc) is 2.62. The third-order valence-corrected chi connectivity index (χ3v) is 5.23. The Hall–Kier alpha value is -2.86. The molecule has 2 heterocycles. The molecule has 1 aliphatic rings. The summed E-state index contributed by atoms with van der Waals surface area (Å²) in [6.07, 6.45) is 1.70. The zero-order chi connectivity index (χ0) is 17.4. The molecule has 2 aromatic carbocycles. The van der Waals surface area contributed by atoms with Gasteiger partial charge >= 0.3 is 0 Å². The number of nitrogens with zero attached hydrogens (tertiary/aromatic N) is 1. The number of aromatic nitrogens is 1. The minimum absolute atomic E-state index is 0.0479. The summed E-state index contributed by atoms with van der Waals surface area (Å²) in [6, 6.07) is 14.8. The van der Waals surface area contributed by atoms with E-state index in [9.17, 15) is 9.59 Å². The fourth-order valence-corrected chi connectivity index (χ4v) is 3.68. The number of thioether (sulfide) groups is 1. The van der Waals surface area contributed by atoms with Crippen molar-refractivity contribution in [1.29, 1.82) is 0 Å². The van der Waals surface area contributed by atoms with Crippen molar-refractivity contribution in [1.82, 2.24) is 4.98 Å². The van der Waals surface area contributed by atoms with Crippen molar-refractivity contribution in [2.24, 2.45) is 0 Å². The molecule has 0 radical (unpaired) electrons. The van der Waals surface area contributed by atoms with Crippen LogP contribution >= 0.6 is 11.8 Å². The molecular formula is C19H15N3O2S. The van der Waals surface area contributed by atoms with Gasteiger partial charge in [0.15, 0.2) is 0 Å². The number of carbonyl (C=O) groups is 2. The van der Waals surface area contributed by atoms with E-state index in [0.717, 1.165) is 15.8 Å². The van der Waals surface area contributed by atoms with Gasteiger partial charge in [-0.2, -0.15) is 0 Å². The molecule has 6 heteroatoms. The first-order valence-electron chi connectivity index (χ1n) is 7.88. The number of amides is 2. The molecule has 1 atom stereocenters. The van der Waals surface area contributed by atoms with Crippen LogP contribution in [0.25, 0.3) is 10.9 Å². The zero-order valence-corrected chi connectivity index (χ0v) is 14.3. The predicted octanol–water partition coefficient (Wildman–Crippen LogP) is 3.92. The van der Waals surface area contributed by atoms with Crippen LogP contribution in [0.1, 0.15) is 17.3 Å². The molecule has 1 aliphatic heterocycles. The Morgan fingerprint density at radius 1 is 1.20 bits per heavy atom. The monoisotopic (exact) mass is 349 g/mol. The second kappa shape index (κ2) is 6.22. The lowest BCUT2D eigenvalue weighted by Crippen LogP contribution is -2.26. The summed E-state index contributed by atoms with van der Waals surface area (Å²) in [6.45, 7) is 1.86. The zero-order valence-electron chi connectivity index (χ0n) is 13.4. The summed E-state index contributed by atoms with van der Waals surface area (Å²) >= 11 is 1.49. The Morgan fingerprint density at radius 2 is 2.04 bits per heavy atom. The number of para-hydroxylation sites is 1. The highest BCUT2D eigenvalue weighted by atomic mass is 32.2. The molecular weight excluding hydrogens is 334 g/mol. The standard InChI is InChI=1S/C19H15N3O2S/c1-11-18(23)22-15-10-13(7-8-16(15)25-11)19(24)21-14-6-2-4-12-5-3-9-20-17(12)14/h2-11H,1H3,(H,21,24)(H,22,23)/t11-/m0/s1. The van der Waals surface area contributed by atoms with E-state index in [1.54, 1.807) is 18.3 Å². The van der Waals surface area contributed by atoms with E-state index in [1.165, 1.54) is 11.8 Å². The highest BCUT2D eigenvalue weighted by Gasteiger charge is 2.23. The number of anilines is 2. The van der Waals surface area contributed by atoms with Crippen molar-refractivity contribution >= 4 is 45.9 Å². The van der Waals surface area contributed by atoms with Crippen molar-refractivity contribution in [3.8, 4) is 0 Å². The second-order valence-electron chi connectivity index (χ2n) is 5.80. The predicted molar refractivity (Wildman–Crippen MR) is 100 cm³/mol. The summed E-state index contributed by atoms with van der Waals surface area (Å²) < 4.78 is 0. The lowest BCUT2D eigenvalue weighted by molar-refractivity contribution is -0.115. The van der Waals surface area contributed by atoms with Crippen LogP contribution in [-0.2, 0) is 4.79 Å². The fourth-order valence-electron chi connectivity index (χ4n) is 2.75. The van der Waals surface area contributed by atoms with Crippen molar-refractivity contribution in [2.45, 2.75) is 17.1 Å². The molecule has 0 bridgehead atoms. The Balaban J connectivity index is 1.63. The van der Waals surface area contributed by atoms with Crippen LogP contribution < -0.4 is 10.6 Å². The molecule has 0 saturated carbocycles. The van der Waals surface area contributed by atoms with Crippen LogP contribution in [0, 0.1) is 0 Å². The number of carbonyl (C=O) groups excluding carboxylic acids is 2. The molecule has 25 heavy (non-hydrogen) atoms. The summed E-state index contributed by atoms with van der Waals surface area (Å²) in [7, 11) is 0. The van der Waals surface area contributed by atoms with Crippen molar-refractivity contribution in [3.63, 3.8) is 0 Å². The van der Waals surface area contributed by atoms with E-state index < -0.39 is 0 Å². The van der Waals surface area contributed by atoms with Gasteiger partial charge in [-0.15, -0.1) is 11.8 Å².